The van der Waals surface area contributed by atoms with E-state index in [4.69, 9.17) is 9.79 Å². The summed E-state index contributed by atoms with van der Waals surface area (Å²) in [7, 11) is -5.78. The molecule has 2 unspecified atom stereocenters. The number of nitrogens with one attached hydrogen (secondary N) is 2. The second-order valence-electron chi connectivity index (χ2n) is 13.0. The lowest BCUT2D eigenvalue weighted by Crippen LogP contribution is -2.59. The van der Waals surface area contributed by atoms with E-state index in [1.54, 1.807) is 15.9 Å². The Balaban J connectivity index is 1.21. The number of nitrogens with zero attached hydrogens (tertiary/aromatic N) is 3. The van der Waals surface area contributed by atoms with Gasteiger partial charge in [0.15, 0.2) is 0 Å². The number of aromatic amines is 1. The van der Waals surface area contributed by atoms with E-state index in [0.717, 1.165) is 29.9 Å². The highest BCUT2D eigenvalue weighted by molar-refractivity contribution is 7.52. The molecule has 3 aliphatic rings. The molecule has 3 aromatic rings. The average Bonchev–Trinajstić information content (AvgIpc) is 3.79. The van der Waals surface area contributed by atoms with Gasteiger partial charge in [0.1, 0.15) is 12.3 Å². The summed E-state index contributed by atoms with van der Waals surface area (Å²) in [6, 6.07) is 8.35. The fraction of sp³-hybridized carbons (Fsp3) is 0.500. The first kappa shape index (κ1) is 34.4. The molecule has 12 nitrogen and oxygen atoms in total. The van der Waals surface area contributed by atoms with Crippen LogP contribution in [-0.4, -0.2) is 78.9 Å². The number of H-pyrrole nitrogens is 1. The summed E-state index contributed by atoms with van der Waals surface area (Å²) in [4.78, 5) is 64.1. The number of aliphatic hydroxyl groups excluding tert-OH is 1. The quantitative estimate of drug-likeness (QED) is 0.229. The predicted molar refractivity (Wildman–Crippen MR) is 172 cm³/mol. The maximum absolute atomic E-state index is 14.3. The Morgan fingerprint density at radius 2 is 1.92 bits per heavy atom. The number of hydrogen-bond acceptors (Lipinski definition) is 8. The van der Waals surface area contributed by atoms with Crippen molar-refractivity contribution < 1.29 is 37.8 Å². The molecule has 0 spiro atoms. The van der Waals surface area contributed by atoms with Gasteiger partial charge in [0.05, 0.1) is 22.9 Å². The zero-order valence-electron chi connectivity index (χ0n) is 26.0. The predicted octanol–water partition coefficient (Wildman–Crippen LogP) is 3.65. The van der Waals surface area contributed by atoms with Crippen LogP contribution in [0, 0.1) is 23.2 Å². The van der Waals surface area contributed by atoms with Crippen LogP contribution in [0.1, 0.15) is 65.7 Å². The monoisotopic (exact) mass is 703 g/mol. The molecule has 0 aliphatic carbocycles. The molecule has 256 valence electrons. The number of aliphatic hydroxyl groups is 1. The van der Waals surface area contributed by atoms with E-state index in [1.165, 1.54) is 24.4 Å². The van der Waals surface area contributed by atoms with Crippen molar-refractivity contribution in [1.29, 1.82) is 5.26 Å². The standard InChI is InChI=1S/C32H36F2N5O7PS/c1-17-3-2-4-23(37-29(41)27-12-19-11-21(5-8-26(19)48-27)32(33,34)47(44,45)46)30(42)39-24(17)6-7-25(39)31(43)38-15-20(14-35)22(16-38)18-9-10-36-28(40)13-18/h5,8-13,17,20,22-25,31,43H,2-4,6-7,15-16H2,1H3,(H,36,40)(H,37,41)(H2,44,45,46)/t17?,20-,22+,23-,24+,25-,31?/m0/s1. The Morgan fingerprint density at radius 1 is 1.15 bits per heavy atom. The van der Waals surface area contributed by atoms with Crippen molar-refractivity contribution in [2.24, 2.45) is 11.8 Å². The molecule has 6 rings (SSSR count). The number of thiophene rings is 1. The maximum atomic E-state index is 14.3. The molecule has 3 fully saturated rings. The van der Waals surface area contributed by atoms with Gasteiger partial charge in [0, 0.05) is 47.6 Å². The Bertz CT molecular complexity index is 1870. The number of pyridine rings is 1. The van der Waals surface area contributed by atoms with Gasteiger partial charge >= 0.3 is 13.3 Å². The highest BCUT2D eigenvalue weighted by Crippen LogP contribution is 2.59. The smallest absolute Gasteiger partial charge is 0.376 e. The number of rotatable bonds is 7. The van der Waals surface area contributed by atoms with E-state index < -0.39 is 49.0 Å². The van der Waals surface area contributed by atoms with Crippen molar-refractivity contribution in [1.82, 2.24) is 20.1 Å². The van der Waals surface area contributed by atoms with Crippen LogP contribution in [0.3, 0.4) is 0 Å². The molecule has 5 heterocycles. The maximum Gasteiger partial charge on any atom is 0.399 e. The van der Waals surface area contributed by atoms with E-state index in [0.29, 0.717) is 42.5 Å². The summed E-state index contributed by atoms with van der Waals surface area (Å²) in [6.07, 6.45) is 3.49. The molecule has 7 atom stereocenters. The summed E-state index contributed by atoms with van der Waals surface area (Å²) in [5.74, 6) is -1.52. The number of nitriles is 1. The van der Waals surface area contributed by atoms with Gasteiger partial charge in [-0.1, -0.05) is 19.4 Å². The second kappa shape index (κ2) is 13.1. The minimum Gasteiger partial charge on any atom is -0.376 e. The van der Waals surface area contributed by atoms with Gasteiger partial charge in [-0.2, -0.15) is 14.0 Å². The second-order valence-corrected chi connectivity index (χ2v) is 15.8. The molecule has 5 N–H and O–H groups in total. The van der Waals surface area contributed by atoms with Crippen molar-refractivity contribution in [3.8, 4) is 6.07 Å². The summed E-state index contributed by atoms with van der Waals surface area (Å²) in [5.41, 5.74) is -4.84. The van der Waals surface area contributed by atoms with E-state index in [2.05, 4.69) is 23.3 Å². The molecule has 3 saturated heterocycles. The van der Waals surface area contributed by atoms with Gasteiger partial charge < -0.3 is 30.1 Å². The van der Waals surface area contributed by atoms with Crippen LogP contribution in [-0.2, 0) is 15.0 Å². The lowest BCUT2D eigenvalue weighted by molar-refractivity contribution is -0.144. The first-order chi connectivity index (χ1) is 22.7. The number of amides is 2. The van der Waals surface area contributed by atoms with E-state index in [1.807, 2.05) is 0 Å². The Kier molecular flexibility index (Phi) is 9.36. The Hall–Kier alpha value is -3.51. The van der Waals surface area contributed by atoms with Gasteiger partial charge in [-0.05, 0) is 66.8 Å². The van der Waals surface area contributed by atoms with Crippen LogP contribution < -0.4 is 10.9 Å². The van der Waals surface area contributed by atoms with Crippen LogP contribution in [0.5, 0.6) is 0 Å². The Morgan fingerprint density at radius 3 is 2.62 bits per heavy atom. The molecule has 2 aromatic heterocycles. The minimum absolute atomic E-state index is 0.143. The molecule has 0 radical (unpaired) electrons. The Labute approximate surface area is 278 Å². The largest absolute Gasteiger partial charge is 0.399 e. The van der Waals surface area contributed by atoms with E-state index in [9.17, 15) is 38.1 Å². The van der Waals surface area contributed by atoms with Crippen LogP contribution in [0.25, 0.3) is 10.1 Å². The number of carbonyl (C=O) groups excluding carboxylic acids is 2. The number of fused-ring (bicyclic) bond motifs is 2. The van der Waals surface area contributed by atoms with Crippen LogP contribution in [0.2, 0.25) is 0 Å². The van der Waals surface area contributed by atoms with Crippen LogP contribution >= 0.6 is 18.9 Å². The molecule has 16 heteroatoms. The van der Waals surface area contributed by atoms with Gasteiger partial charge in [-0.3, -0.25) is 23.8 Å². The molecular weight excluding hydrogens is 667 g/mol. The number of hydrogen-bond donors (Lipinski definition) is 5. The molecule has 0 bridgehead atoms. The fourth-order valence-corrected chi connectivity index (χ4v) is 8.93. The summed E-state index contributed by atoms with van der Waals surface area (Å²) >= 11 is 1.00. The summed E-state index contributed by atoms with van der Waals surface area (Å²) < 4.78 is 40.5. The first-order valence-corrected chi connectivity index (χ1v) is 18.2. The third kappa shape index (κ3) is 6.33. The number of halogens is 2. The van der Waals surface area contributed by atoms with Crippen LogP contribution in [0.4, 0.5) is 8.78 Å². The molecule has 48 heavy (non-hydrogen) atoms. The fourth-order valence-electron chi connectivity index (χ4n) is 7.51. The van der Waals surface area contributed by atoms with E-state index in [-0.39, 0.29) is 46.2 Å². The lowest BCUT2D eigenvalue weighted by atomic mass is 9.90. The van der Waals surface area contributed by atoms with Crippen LogP contribution in [0.15, 0.2) is 47.4 Å². The topological polar surface area (TPSA) is 187 Å². The average molecular weight is 704 g/mol. The third-order valence-electron chi connectivity index (χ3n) is 10.1. The van der Waals surface area contributed by atoms with Crippen molar-refractivity contribution in [3.05, 3.63) is 69.0 Å². The van der Waals surface area contributed by atoms with E-state index >= 15 is 0 Å². The highest BCUT2D eigenvalue weighted by Gasteiger charge is 2.51. The van der Waals surface area contributed by atoms with Gasteiger partial charge in [-0.25, -0.2) is 0 Å². The zero-order valence-corrected chi connectivity index (χ0v) is 27.7. The normalized spacial score (nSPS) is 27.7. The highest BCUT2D eigenvalue weighted by atomic mass is 32.1. The lowest BCUT2D eigenvalue weighted by Gasteiger charge is -2.41. The van der Waals surface area contributed by atoms with Crippen molar-refractivity contribution in [3.63, 3.8) is 0 Å². The molecule has 3 aliphatic heterocycles. The number of alkyl halides is 2. The van der Waals surface area contributed by atoms with Crippen molar-refractivity contribution >= 4 is 40.8 Å². The number of benzene rings is 1. The number of likely N-dealkylation sites (tertiary alicyclic amines) is 1. The van der Waals surface area contributed by atoms with Gasteiger partial charge in [-0.15, -0.1) is 11.3 Å². The first-order valence-electron chi connectivity index (χ1n) is 15.8. The molecule has 2 amide bonds. The number of aromatic nitrogens is 1. The third-order valence-corrected chi connectivity index (χ3v) is 12.2. The van der Waals surface area contributed by atoms with Crippen molar-refractivity contribution in [2.75, 3.05) is 13.1 Å². The summed E-state index contributed by atoms with van der Waals surface area (Å²) in [5, 5.41) is 24.6. The molecule has 1 aromatic carbocycles. The molecular formula is C32H36F2N5O7PS. The SMILES string of the molecule is CC1CCC[C@H](NC(=O)c2cc3cc(C(F)(F)P(=O)(O)O)ccc3s2)C(=O)N2[C@@H]1CC[C@H]2C(O)N1C[C@H](c2cc[nH]c(=O)c2)[C@@H](C#N)C1. The van der Waals surface area contributed by atoms with Crippen molar-refractivity contribution in [2.45, 2.75) is 75.0 Å². The zero-order chi connectivity index (χ0) is 34.5. The molecule has 0 saturated carbocycles. The summed E-state index contributed by atoms with van der Waals surface area (Å²) in [6.45, 7) is 2.67. The van der Waals surface area contributed by atoms with Gasteiger partial charge in [0.2, 0.25) is 11.5 Å². The van der Waals surface area contributed by atoms with Gasteiger partial charge in [0.25, 0.3) is 5.91 Å². The number of carbonyl (C=O) groups is 2. The minimum atomic E-state index is -5.78.